The van der Waals surface area contributed by atoms with E-state index in [1.165, 1.54) is 0 Å². The van der Waals surface area contributed by atoms with E-state index in [0.717, 1.165) is 28.5 Å². The number of nitrogens with one attached hydrogen (secondary N) is 1. The van der Waals surface area contributed by atoms with Crippen molar-refractivity contribution in [2.75, 3.05) is 6.67 Å². The van der Waals surface area contributed by atoms with Crippen molar-refractivity contribution < 1.29 is 0 Å². The third kappa shape index (κ3) is 3.50. The number of hydrogen-bond donors (Lipinski definition) is 1. The Hall–Kier alpha value is -1.26. The zero-order valence-corrected chi connectivity index (χ0v) is 13.3. The molecule has 0 atom stereocenters. The average Bonchev–Trinajstić information content (AvgIpc) is 2.90. The van der Waals surface area contributed by atoms with Crippen LogP contribution in [-0.4, -0.2) is 17.5 Å². The number of hydrogen-bond acceptors (Lipinski definition) is 3. The molecule has 0 saturated heterocycles. The Balaban J connectivity index is 1.68. The van der Waals surface area contributed by atoms with Crippen LogP contribution in [0.25, 0.3) is 0 Å². The molecule has 21 heavy (non-hydrogen) atoms. The molecule has 0 radical (unpaired) electrons. The van der Waals surface area contributed by atoms with Gasteiger partial charge in [0.1, 0.15) is 12.5 Å². The summed E-state index contributed by atoms with van der Waals surface area (Å²) < 4.78 is 0. The molecular weight excluding hydrogens is 329 g/mol. The number of aliphatic imine (C=N–C) groups is 1. The number of halogens is 3. The lowest BCUT2D eigenvalue weighted by Crippen LogP contribution is -2.35. The van der Waals surface area contributed by atoms with E-state index in [0.29, 0.717) is 16.7 Å². The molecule has 0 aliphatic carbocycles. The molecule has 0 unspecified atom stereocenters. The van der Waals surface area contributed by atoms with E-state index in [2.05, 4.69) is 10.4 Å². The summed E-state index contributed by atoms with van der Waals surface area (Å²) in [5.74, 6) is 0.755. The molecule has 6 heteroatoms. The van der Waals surface area contributed by atoms with Crippen LogP contribution in [0.3, 0.4) is 0 Å². The van der Waals surface area contributed by atoms with Crippen molar-refractivity contribution in [2.24, 2.45) is 4.99 Å². The van der Waals surface area contributed by atoms with Crippen LogP contribution < -0.4 is 5.43 Å². The highest BCUT2D eigenvalue weighted by Gasteiger charge is 2.18. The van der Waals surface area contributed by atoms with E-state index in [9.17, 15) is 0 Å². The smallest absolute Gasteiger partial charge is 0.145 e. The standard InChI is InChI=1S/C15H12Cl3N3/c16-11-3-1-10(2-4-11)8-21-9-19-15(20-21)13-6-5-12(17)7-14(13)18/h1-7H,8-9H2,(H,19,20). The molecule has 2 aromatic rings. The van der Waals surface area contributed by atoms with Gasteiger partial charge in [-0.25, -0.2) is 4.99 Å². The second-order valence-corrected chi connectivity index (χ2v) is 5.99. The Morgan fingerprint density at radius 2 is 1.71 bits per heavy atom. The first-order valence-electron chi connectivity index (χ1n) is 6.38. The van der Waals surface area contributed by atoms with E-state index >= 15 is 0 Å². The molecule has 0 fully saturated rings. The zero-order valence-electron chi connectivity index (χ0n) is 11.0. The normalized spacial score (nSPS) is 14.9. The molecule has 0 spiro atoms. The molecule has 0 amide bonds. The van der Waals surface area contributed by atoms with E-state index in [4.69, 9.17) is 34.8 Å². The minimum atomic E-state index is 0.566. The van der Waals surface area contributed by atoms with Crippen LogP contribution in [0.4, 0.5) is 0 Å². The molecule has 3 rings (SSSR count). The predicted molar refractivity (Wildman–Crippen MR) is 88.0 cm³/mol. The van der Waals surface area contributed by atoms with Crippen molar-refractivity contribution in [3.63, 3.8) is 0 Å². The Morgan fingerprint density at radius 3 is 2.43 bits per heavy atom. The Bertz CT molecular complexity index is 683. The summed E-state index contributed by atoms with van der Waals surface area (Å²) in [4.78, 5) is 4.47. The SMILES string of the molecule is Clc1ccc(CN2CN=C(c3ccc(Cl)cc3Cl)N2)cc1. The molecule has 0 bridgehead atoms. The number of hydrazine groups is 1. The Kier molecular flexibility index (Phi) is 4.36. The van der Waals surface area contributed by atoms with Gasteiger partial charge in [-0.15, -0.1) is 0 Å². The third-order valence-corrected chi connectivity index (χ3v) is 3.94. The maximum absolute atomic E-state index is 6.20. The van der Waals surface area contributed by atoms with Crippen LogP contribution >= 0.6 is 34.8 Å². The van der Waals surface area contributed by atoms with Gasteiger partial charge >= 0.3 is 0 Å². The van der Waals surface area contributed by atoms with E-state index in [1.54, 1.807) is 12.1 Å². The fourth-order valence-electron chi connectivity index (χ4n) is 2.10. The van der Waals surface area contributed by atoms with Crippen LogP contribution in [-0.2, 0) is 6.54 Å². The second-order valence-electron chi connectivity index (χ2n) is 4.71. The lowest BCUT2D eigenvalue weighted by atomic mass is 10.2. The molecule has 1 aliphatic rings. The van der Waals surface area contributed by atoms with E-state index in [1.807, 2.05) is 35.3 Å². The van der Waals surface area contributed by atoms with Crippen LogP contribution in [0, 0.1) is 0 Å². The fraction of sp³-hybridized carbons (Fsp3) is 0.133. The lowest BCUT2D eigenvalue weighted by molar-refractivity contribution is 0.257. The lowest BCUT2D eigenvalue weighted by Gasteiger charge is -2.16. The van der Waals surface area contributed by atoms with Crippen LogP contribution in [0.15, 0.2) is 47.5 Å². The molecule has 2 aromatic carbocycles. The van der Waals surface area contributed by atoms with Gasteiger partial charge in [-0.3, -0.25) is 0 Å². The minimum absolute atomic E-state index is 0.566. The van der Waals surface area contributed by atoms with Crippen molar-refractivity contribution in [2.45, 2.75) is 6.54 Å². The van der Waals surface area contributed by atoms with Crippen molar-refractivity contribution in [3.8, 4) is 0 Å². The second kappa shape index (κ2) is 6.24. The molecule has 3 nitrogen and oxygen atoms in total. The molecular formula is C15H12Cl3N3. The molecule has 0 saturated carbocycles. The monoisotopic (exact) mass is 339 g/mol. The molecule has 1 heterocycles. The van der Waals surface area contributed by atoms with E-state index < -0.39 is 0 Å². The highest BCUT2D eigenvalue weighted by Crippen LogP contribution is 2.22. The maximum Gasteiger partial charge on any atom is 0.145 e. The van der Waals surface area contributed by atoms with Gasteiger partial charge in [0.25, 0.3) is 0 Å². The molecule has 1 aliphatic heterocycles. The van der Waals surface area contributed by atoms with Gasteiger partial charge in [-0.1, -0.05) is 46.9 Å². The highest BCUT2D eigenvalue weighted by molar-refractivity contribution is 6.37. The first-order valence-corrected chi connectivity index (χ1v) is 7.51. The van der Waals surface area contributed by atoms with Gasteiger partial charge in [0.05, 0.1) is 5.02 Å². The zero-order chi connectivity index (χ0) is 14.8. The summed E-state index contributed by atoms with van der Waals surface area (Å²) in [5.41, 5.74) is 5.26. The molecule has 0 aromatic heterocycles. The van der Waals surface area contributed by atoms with Gasteiger partial charge < -0.3 is 5.43 Å². The number of benzene rings is 2. The summed E-state index contributed by atoms with van der Waals surface area (Å²) in [5, 5.41) is 3.93. The first kappa shape index (κ1) is 14.7. The Morgan fingerprint density at radius 1 is 1.00 bits per heavy atom. The Labute approximate surface area is 138 Å². The predicted octanol–water partition coefficient (Wildman–Crippen LogP) is 4.37. The van der Waals surface area contributed by atoms with Crippen LogP contribution in [0.1, 0.15) is 11.1 Å². The van der Waals surface area contributed by atoms with Gasteiger partial charge in [-0.2, -0.15) is 5.01 Å². The summed E-state index contributed by atoms with van der Waals surface area (Å²) in [7, 11) is 0. The van der Waals surface area contributed by atoms with Crippen LogP contribution in [0.2, 0.25) is 15.1 Å². The highest BCUT2D eigenvalue weighted by atomic mass is 35.5. The maximum atomic E-state index is 6.20. The van der Waals surface area contributed by atoms with Crippen molar-refractivity contribution >= 4 is 40.6 Å². The van der Waals surface area contributed by atoms with Crippen LogP contribution in [0.5, 0.6) is 0 Å². The number of nitrogens with zero attached hydrogens (tertiary/aromatic N) is 2. The summed E-state index contributed by atoms with van der Waals surface area (Å²) in [6.45, 7) is 1.30. The minimum Gasteiger partial charge on any atom is -0.301 e. The van der Waals surface area contributed by atoms with Gasteiger partial charge in [0, 0.05) is 22.2 Å². The first-order chi connectivity index (χ1) is 10.1. The van der Waals surface area contributed by atoms with Gasteiger partial charge in [0.15, 0.2) is 0 Å². The summed E-state index contributed by atoms with van der Waals surface area (Å²) in [6.07, 6.45) is 0. The number of rotatable bonds is 3. The van der Waals surface area contributed by atoms with Gasteiger partial charge in [0.2, 0.25) is 0 Å². The summed E-state index contributed by atoms with van der Waals surface area (Å²) >= 11 is 18.0. The third-order valence-electron chi connectivity index (χ3n) is 3.14. The quantitative estimate of drug-likeness (QED) is 0.898. The van der Waals surface area contributed by atoms with Crippen molar-refractivity contribution in [1.82, 2.24) is 10.4 Å². The van der Waals surface area contributed by atoms with E-state index in [-0.39, 0.29) is 0 Å². The van der Waals surface area contributed by atoms with Gasteiger partial charge in [-0.05, 0) is 35.9 Å². The molecule has 1 N–H and O–H groups in total. The topological polar surface area (TPSA) is 27.6 Å². The number of amidine groups is 1. The molecule has 108 valence electrons. The summed E-state index contributed by atoms with van der Waals surface area (Å²) in [6, 6.07) is 13.1. The average molecular weight is 341 g/mol. The van der Waals surface area contributed by atoms with Crippen molar-refractivity contribution in [1.29, 1.82) is 0 Å². The van der Waals surface area contributed by atoms with Crippen molar-refractivity contribution in [3.05, 3.63) is 68.7 Å². The largest absolute Gasteiger partial charge is 0.301 e. The fourth-order valence-corrected chi connectivity index (χ4v) is 2.73.